The van der Waals surface area contributed by atoms with Crippen molar-refractivity contribution in [3.63, 3.8) is 0 Å². The summed E-state index contributed by atoms with van der Waals surface area (Å²) in [5, 5.41) is 16.3. The van der Waals surface area contributed by atoms with Gasteiger partial charge in [0.15, 0.2) is 5.82 Å². The number of aromatic nitrogens is 3. The van der Waals surface area contributed by atoms with Crippen molar-refractivity contribution >= 4 is 11.8 Å². The first kappa shape index (κ1) is 18.5. The molecule has 0 aromatic carbocycles. The predicted molar refractivity (Wildman–Crippen MR) is 97.4 cm³/mol. The van der Waals surface area contributed by atoms with Crippen molar-refractivity contribution in [2.24, 2.45) is 5.92 Å². The average molecular weight is 387 g/mol. The second-order valence-electron chi connectivity index (χ2n) is 7.36. The van der Waals surface area contributed by atoms with E-state index in [1.54, 1.807) is 35.3 Å². The molecule has 28 heavy (non-hydrogen) atoms. The number of hydrogen-bond acceptors (Lipinski definition) is 5. The number of amides is 2. The van der Waals surface area contributed by atoms with Crippen molar-refractivity contribution in [1.29, 1.82) is 0 Å². The fourth-order valence-corrected chi connectivity index (χ4v) is 3.83. The molecule has 0 bridgehead atoms. The number of halogens is 1. The number of aliphatic hydroxyl groups excluding tert-OH is 1. The van der Waals surface area contributed by atoms with E-state index in [0.29, 0.717) is 30.6 Å². The Morgan fingerprint density at radius 2 is 2.11 bits per heavy atom. The Balaban J connectivity index is 1.36. The summed E-state index contributed by atoms with van der Waals surface area (Å²) in [5.74, 6) is -0.254. The van der Waals surface area contributed by atoms with Gasteiger partial charge in [0.2, 0.25) is 5.91 Å². The van der Waals surface area contributed by atoms with E-state index in [2.05, 4.69) is 15.4 Å². The van der Waals surface area contributed by atoms with Gasteiger partial charge in [0.05, 0.1) is 24.3 Å². The lowest BCUT2D eigenvalue weighted by Gasteiger charge is -2.20. The van der Waals surface area contributed by atoms with Gasteiger partial charge in [-0.1, -0.05) is 0 Å². The van der Waals surface area contributed by atoms with Gasteiger partial charge in [0.25, 0.3) is 5.91 Å². The first-order valence-corrected chi connectivity index (χ1v) is 9.39. The van der Waals surface area contributed by atoms with Crippen LogP contribution in [-0.2, 0) is 4.79 Å². The third-order valence-electron chi connectivity index (χ3n) is 5.38. The van der Waals surface area contributed by atoms with Crippen molar-refractivity contribution in [1.82, 2.24) is 25.0 Å². The first-order valence-electron chi connectivity index (χ1n) is 9.39. The highest BCUT2D eigenvalue weighted by molar-refractivity contribution is 5.94. The molecular weight excluding hydrogens is 365 g/mol. The Bertz CT molecular complexity index is 842. The minimum atomic E-state index is -1.32. The molecule has 2 aromatic rings. The van der Waals surface area contributed by atoms with Gasteiger partial charge in [-0.15, -0.1) is 0 Å². The molecule has 0 radical (unpaired) electrons. The Hall–Kier alpha value is -2.81. The van der Waals surface area contributed by atoms with Gasteiger partial charge in [-0.25, -0.2) is 14.1 Å². The molecule has 8 nitrogen and oxygen atoms in total. The van der Waals surface area contributed by atoms with Crippen LogP contribution in [-0.4, -0.2) is 68.0 Å². The van der Waals surface area contributed by atoms with Crippen molar-refractivity contribution in [3.8, 4) is 5.82 Å². The number of hydrogen-bond donors (Lipinski definition) is 2. The van der Waals surface area contributed by atoms with Crippen molar-refractivity contribution in [3.05, 3.63) is 42.4 Å². The number of nitrogens with one attached hydrogen (secondary N) is 1. The number of likely N-dealkylation sites (tertiary alicyclic amines) is 1. The minimum Gasteiger partial charge on any atom is -0.393 e. The number of pyridine rings is 1. The van der Waals surface area contributed by atoms with Crippen LogP contribution in [0.4, 0.5) is 4.39 Å². The highest BCUT2D eigenvalue weighted by atomic mass is 19.1. The zero-order valence-corrected chi connectivity index (χ0v) is 15.2. The van der Waals surface area contributed by atoms with Crippen molar-refractivity contribution in [2.45, 2.75) is 37.6 Å². The van der Waals surface area contributed by atoms with Crippen LogP contribution in [0, 0.1) is 5.92 Å². The maximum atomic E-state index is 14.4. The summed E-state index contributed by atoms with van der Waals surface area (Å²) >= 11 is 0. The van der Waals surface area contributed by atoms with Crippen LogP contribution in [0.15, 0.2) is 36.8 Å². The normalized spacial score (nSPS) is 27.1. The quantitative estimate of drug-likeness (QED) is 0.805. The number of rotatable bonds is 4. The Morgan fingerprint density at radius 1 is 1.25 bits per heavy atom. The number of carbonyl (C=O) groups excluding carboxylic acids is 2. The van der Waals surface area contributed by atoms with Crippen LogP contribution < -0.4 is 5.32 Å². The van der Waals surface area contributed by atoms with E-state index in [4.69, 9.17) is 0 Å². The van der Waals surface area contributed by atoms with Crippen LogP contribution in [0.3, 0.4) is 0 Å². The summed E-state index contributed by atoms with van der Waals surface area (Å²) in [6.07, 6.45) is 4.66. The zero-order valence-electron chi connectivity index (χ0n) is 15.2. The summed E-state index contributed by atoms with van der Waals surface area (Å²) in [6, 6.07) is 4.27. The van der Waals surface area contributed by atoms with Crippen molar-refractivity contribution < 1.29 is 19.1 Å². The van der Waals surface area contributed by atoms with Gasteiger partial charge < -0.3 is 15.3 Å². The number of aliphatic hydroxyl groups is 1. The van der Waals surface area contributed by atoms with Crippen LogP contribution in [0.25, 0.3) is 5.82 Å². The monoisotopic (exact) mass is 387 g/mol. The molecule has 2 amide bonds. The Kier molecular flexibility index (Phi) is 5.08. The SMILES string of the molecule is O=C(N[C@@H]1CN(C(=O)[C@@H]2CC[C@@H](O)C2)C[C@@H]1F)c1ccc(-n2cccn2)nc1. The fourth-order valence-electron chi connectivity index (χ4n) is 3.83. The summed E-state index contributed by atoms with van der Waals surface area (Å²) in [4.78, 5) is 30.6. The van der Waals surface area contributed by atoms with Gasteiger partial charge in [0.1, 0.15) is 6.17 Å². The molecule has 0 unspecified atom stereocenters. The van der Waals surface area contributed by atoms with E-state index in [1.165, 1.54) is 11.1 Å². The standard InChI is InChI=1S/C19H22FN5O3/c20-15-10-24(19(28)12-2-4-14(26)8-12)11-16(15)23-18(27)13-3-5-17(21-9-13)25-7-1-6-22-25/h1,3,5-7,9,12,14-16,26H,2,4,8,10-11H2,(H,23,27)/t12-,14-,15+,16-/m1/s1. The molecule has 1 aliphatic carbocycles. The molecule has 2 aromatic heterocycles. The third-order valence-corrected chi connectivity index (χ3v) is 5.38. The lowest BCUT2D eigenvalue weighted by molar-refractivity contribution is -0.134. The molecule has 4 rings (SSSR count). The molecule has 1 saturated heterocycles. The largest absolute Gasteiger partial charge is 0.393 e. The molecule has 9 heteroatoms. The maximum absolute atomic E-state index is 14.4. The van der Waals surface area contributed by atoms with Gasteiger partial charge in [-0.3, -0.25) is 9.59 Å². The molecule has 0 spiro atoms. The topological polar surface area (TPSA) is 100 Å². The maximum Gasteiger partial charge on any atom is 0.253 e. The van der Waals surface area contributed by atoms with Gasteiger partial charge in [0, 0.05) is 31.1 Å². The van der Waals surface area contributed by atoms with E-state index in [-0.39, 0.29) is 24.9 Å². The Morgan fingerprint density at radius 3 is 2.75 bits per heavy atom. The average Bonchev–Trinajstić information content (AvgIpc) is 3.44. The minimum absolute atomic E-state index is 0.0349. The Labute approximate surface area is 161 Å². The lowest BCUT2D eigenvalue weighted by atomic mass is 10.1. The summed E-state index contributed by atoms with van der Waals surface area (Å²) < 4.78 is 16.0. The zero-order chi connectivity index (χ0) is 19.7. The highest BCUT2D eigenvalue weighted by Gasteiger charge is 2.40. The number of carbonyl (C=O) groups is 2. The molecule has 4 atom stereocenters. The van der Waals surface area contributed by atoms with E-state index in [9.17, 15) is 19.1 Å². The molecule has 1 aliphatic heterocycles. The summed E-state index contributed by atoms with van der Waals surface area (Å²) in [7, 11) is 0. The predicted octanol–water partition coefficient (Wildman–Crippen LogP) is 0.707. The number of nitrogens with zero attached hydrogens (tertiary/aromatic N) is 4. The molecule has 2 aliphatic rings. The van der Waals surface area contributed by atoms with Crippen LogP contribution in [0.2, 0.25) is 0 Å². The molecule has 3 heterocycles. The molecule has 1 saturated carbocycles. The second-order valence-corrected chi connectivity index (χ2v) is 7.36. The van der Waals surface area contributed by atoms with Gasteiger partial charge in [-0.05, 0) is 37.5 Å². The van der Waals surface area contributed by atoms with E-state index in [1.807, 2.05) is 0 Å². The van der Waals surface area contributed by atoms with Crippen LogP contribution >= 0.6 is 0 Å². The van der Waals surface area contributed by atoms with Crippen LogP contribution in [0.5, 0.6) is 0 Å². The van der Waals surface area contributed by atoms with Crippen molar-refractivity contribution in [2.75, 3.05) is 13.1 Å². The molecule has 2 fully saturated rings. The fraction of sp³-hybridized carbons (Fsp3) is 0.474. The second kappa shape index (κ2) is 7.67. The lowest BCUT2D eigenvalue weighted by Crippen LogP contribution is -2.42. The van der Waals surface area contributed by atoms with Crippen LogP contribution in [0.1, 0.15) is 29.6 Å². The van der Waals surface area contributed by atoms with E-state index < -0.39 is 24.2 Å². The molecule has 2 N–H and O–H groups in total. The number of alkyl halides is 1. The third kappa shape index (κ3) is 3.75. The molecular formula is C19H22FN5O3. The van der Waals surface area contributed by atoms with Gasteiger partial charge >= 0.3 is 0 Å². The molecule has 148 valence electrons. The first-order chi connectivity index (χ1) is 13.5. The van der Waals surface area contributed by atoms with E-state index in [0.717, 1.165) is 0 Å². The summed E-state index contributed by atoms with van der Waals surface area (Å²) in [6.45, 7) is 0.101. The van der Waals surface area contributed by atoms with Gasteiger partial charge in [-0.2, -0.15) is 5.10 Å². The smallest absolute Gasteiger partial charge is 0.253 e. The van der Waals surface area contributed by atoms with E-state index >= 15 is 0 Å². The summed E-state index contributed by atoms with van der Waals surface area (Å²) in [5.41, 5.74) is 0.312. The highest BCUT2D eigenvalue weighted by Crippen LogP contribution is 2.29.